The van der Waals surface area contributed by atoms with Crippen molar-refractivity contribution < 1.29 is 0 Å². The van der Waals surface area contributed by atoms with Crippen molar-refractivity contribution in [2.45, 2.75) is 46.6 Å². The van der Waals surface area contributed by atoms with Gasteiger partial charge in [0.15, 0.2) is 0 Å². The first kappa shape index (κ1) is 13.0. The summed E-state index contributed by atoms with van der Waals surface area (Å²) in [6.45, 7) is 13.1. The van der Waals surface area contributed by atoms with Crippen LogP contribution in [-0.4, -0.2) is 37.6 Å². The van der Waals surface area contributed by atoms with Crippen molar-refractivity contribution in [2.75, 3.05) is 26.7 Å². The Hall–Kier alpha value is -0.0800. The molecule has 0 amide bonds. The molecule has 1 aliphatic heterocycles. The van der Waals surface area contributed by atoms with E-state index in [9.17, 15) is 0 Å². The number of nitrogens with one attached hydrogen (secondary N) is 1. The molecule has 2 nitrogen and oxygen atoms in total. The molecule has 90 valence electrons. The molecule has 0 aromatic rings. The fourth-order valence-electron chi connectivity index (χ4n) is 2.51. The van der Waals surface area contributed by atoms with Gasteiger partial charge in [0.1, 0.15) is 0 Å². The SMILES string of the molecule is CNC(CN1CCCC(C)C1)C(C)(C)C. The maximum absolute atomic E-state index is 3.46. The zero-order valence-corrected chi connectivity index (χ0v) is 11.1. The Balaban J connectivity index is 2.44. The summed E-state index contributed by atoms with van der Waals surface area (Å²) in [7, 11) is 2.09. The number of likely N-dealkylation sites (N-methyl/N-ethyl adjacent to an activating group) is 1. The van der Waals surface area contributed by atoms with Crippen molar-refractivity contribution in [1.82, 2.24) is 10.2 Å². The summed E-state index contributed by atoms with van der Waals surface area (Å²) < 4.78 is 0. The van der Waals surface area contributed by atoms with Crippen LogP contribution in [0, 0.1) is 11.3 Å². The average Bonchev–Trinajstić information content (AvgIpc) is 2.12. The molecular formula is C13H28N2. The van der Waals surface area contributed by atoms with E-state index < -0.39 is 0 Å². The molecule has 1 rings (SSSR count). The summed E-state index contributed by atoms with van der Waals surface area (Å²) >= 11 is 0. The third kappa shape index (κ3) is 4.12. The number of nitrogens with zero attached hydrogens (tertiary/aromatic N) is 1. The molecule has 0 radical (unpaired) electrons. The van der Waals surface area contributed by atoms with E-state index in [1.807, 2.05) is 0 Å². The third-order valence-electron chi connectivity index (χ3n) is 3.58. The third-order valence-corrected chi connectivity index (χ3v) is 3.58. The van der Waals surface area contributed by atoms with Gasteiger partial charge < -0.3 is 10.2 Å². The fraction of sp³-hybridized carbons (Fsp3) is 1.00. The maximum Gasteiger partial charge on any atom is 0.0240 e. The normalized spacial score (nSPS) is 26.6. The van der Waals surface area contributed by atoms with Gasteiger partial charge in [0.2, 0.25) is 0 Å². The van der Waals surface area contributed by atoms with Gasteiger partial charge in [-0.2, -0.15) is 0 Å². The van der Waals surface area contributed by atoms with Crippen LogP contribution in [0.5, 0.6) is 0 Å². The van der Waals surface area contributed by atoms with Crippen molar-refractivity contribution in [1.29, 1.82) is 0 Å². The van der Waals surface area contributed by atoms with Crippen molar-refractivity contribution in [3.8, 4) is 0 Å². The van der Waals surface area contributed by atoms with Crippen LogP contribution in [0.2, 0.25) is 0 Å². The van der Waals surface area contributed by atoms with Crippen molar-refractivity contribution in [3.63, 3.8) is 0 Å². The van der Waals surface area contributed by atoms with Crippen LogP contribution < -0.4 is 5.32 Å². The Bertz CT molecular complexity index is 183. The Morgan fingerprint density at radius 3 is 2.53 bits per heavy atom. The van der Waals surface area contributed by atoms with E-state index in [0.717, 1.165) is 5.92 Å². The van der Waals surface area contributed by atoms with E-state index in [0.29, 0.717) is 11.5 Å². The minimum atomic E-state index is 0.357. The van der Waals surface area contributed by atoms with E-state index >= 15 is 0 Å². The monoisotopic (exact) mass is 212 g/mol. The molecule has 0 aromatic heterocycles. The van der Waals surface area contributed by atoms with Gasteiger partial charge >= 0.3 is 0 Å². The molecule has 0 aliphatic carbocycles. The predicted octanol–water partition coefficient (Wildman–Crippen LogP) is 2.35. The minimum absolute atomic E-state index is 0.357. The zero-order valence-electron chi connectivity index (χ0n) is 11.1. The molecule has 1 N–H and O–H groups in total. The molecule has 0 spiro atoms. The highest BCUT2D eigenvalue weighted by Crippen LogP contribution is 2.22. The van der Waals surface area contributed by atoms with E-state index in [1.165, 1.54) is 32.5 Å². The van der Waals surface area contributed by atoms with E-state index in [4.69, 9.17) is 0 Å². The highest BCUT2D eigenvalue weighted by Gasteiger charge is 2.26. The molecule has 1 heterocycles. The summed E-state index contributed by atoms with van der Waals surface area (Å²) in [6.07, 6.45) is 2.79. The summed E-state index contributed by atoms with van der Waals surface area (Å²) in [5, 5.41) is 3.46. The highest BCUT2D eigenvalue weighted by molar-refractivity contribution is 4.84. The summed E-state index contributed by atoms with van der Waals surface area (Å²) in [5.41, 5.74) is 0.357. The Labute approximate surface area is 95.4 Å². The molecule has 1 saturated heterocycles. The van der Waals surface area contributed by atoms with Crippen LogP contribution in [0.1, 0.15) is 40.5 Å². The summed E-state index contributed by atoms with van der Waals surface area (Å²) in [5.74, 6) is 0.885. The molecule has 1 fully saturated rings. The molecule has 0 saturated carbocycles. The number of hydrogen-bond donors (Lipinski definition) is 1. The summed E-state index contributed by atoms with van der Waals surface area (Å²) in [6, 6.07) is 0.600. The van der Waals surface area contributed by atoms with Crippen molar-refractivity contribution in [2.24, 2.45) is 11.3 Å². The molecule has 0 bridgehead atoms. The molecular weight excluding hydrogens is 184 g/mol. The van der Waals surface area contributed by atoms with Gasteiger partial charge in [0.05, 0.1) is 0 Å². The number of likely N-dealkylation sites (tertiary alicyclic amines) is 1. The quantitative estimate of drug-likeness (QED) is 0.772. The van der Waals surface area contributed by atoms with Crippen LogP contribution in [-0.2, 0) is 0 Å². The van der Waals surface area contributed by atoms with E-state index in [2.05, 4.69) is 45.0 Å². The zero-order chi connectivity index (χ0) is 11.5. The second-order valence-corrected chi connectivity index (χ2v) is 6.21. The van der Waals surface area contributed by atoms with Gasteiger partial charge in [-0.05, 0) is 37.8 Å². The van der Waals surface area contributed by atoms with Crippen molar-refractivity contribution in [3.05, 3.63) is 0 Å². The van der Waals surface area contributed by atoms with Gasteiger partial charge in [-0.25, -0.2) is 0 Å². The Morgan fingerprint density at radius 2 is 2.07 bits per heavy atom. The topological polar surface area (TPSA) is 15.3 Å². The Kier molecular flexibility index (Phi) is 4.60. The van der Waals surface area contributed by atoms with E-state index in [1.54, 1.807) is 0 Å². The lowest BCUT2D eigenvalue weighted by atomic mass is 9.86. The lowest BCUT2D eigenvalue weighted by Crippen LogP contribution is -2.49. The van der Waals surface area contributed by atoms with Gasteiger partial charge in [-0.1, -0.05) is 27.7 Å². The number of rotatable bonds is 3. The first-order chi connectivity index (χ1) is 6.93. The first-order valence-electron chi connectivity index (χ1n) is 6.33. The van der Waals surface area contributed by atoms with Gasteiger partial charge in [-0.15, -0.1) is 0 Å². The first-order valence-corrected chi connectivity index (χ1v) is 6.33. The molecule has 2 atom stereocenters. The molecule has 2 unspecified atom stereocenters. The lowest BCUT2D eigenvalue weighted by Gasteiger charge is -2.38. The largest absolute Gasteiger partial charge is 0.315 e. The lowest BCUT2D eigenvalue weighted by molar-refractivity contribution is 0.134. The standard InChI is InChI=1S/C13H28N2/c1-11-7-6-8-15(9-11)10-12(14-5)13(2,3)4/h11-12,14H,6-10H2,1-5H3. The maximum atomic E-state index is 3.46. The van der Waals surface area contributed by atoms with Crippen LogP contribution in [0.3, 0.4) is 0 Å². The van der Waals surface area contributed by atoms with Gasteiger partial charge in [0.25, 0.3) is 0 Å². The Morgan fingerprint density at radius 1 is 1.40 bits per heavy atom. The van der Waals surface area contributed by atoms with Gasteiger partial charge in [-0.3, -0.25) is 0 Å². The molecule has 0 aromatic carbocycles. The van der Waals surface area contributed by atoms with Crippen LogP contribution >= 0.6 is 0 Å². The average molecular weight is 212 g/mol. The van der Waals surface area contributed by atoms with Crippen LogP contribution in [0.4, 0.5) is 0 Å². The number of hydrogen-bond acceptors (Lipinski definition) is 2. The number of piperidine rings is 1. The predicted molar refractivity (Wildman–Crippen MR) is 67.1 cm³/mol. The van der Waals surface area contributed by atoms with Crippen LogP contribution in [0.15, 0.2) is 0 Å². The fourth-order valence-corrected chi connectivity index (χ4v) is 2.51. The van der Waals surface area contributed by atoms with E-state index in [-0.39, 0.29) is 0 Å². The van der Waals surface area contributed by atoms with Crippen LogP contribution in [0.25, 0.3) is 0 Å². The minimum Gasteiger partial charge on any atom is -0.315 e. The molecule has 2 heteroatoms. The second-order valence-electron chi connectivity index (χ2n) is 6.21. The second kappa shape index (κ2) is 5.31. The molecule has 1 aliphatic rings. The summed E-state index contributed by atoms with van der Waals surface area (Å²) in [4.78, 5) is 2.63. The molecule has 15 heavy (non-hydrogen) atoms. The smallest absolute Gasteiger partial charge is 0.0240 e. The van der Waals surface area contributed by atoms with Gasteiger partial charge in [0, 0.05) is 19.1 Å². The highest BCUT2D eigenvalue weighted by atomic mass is 15.2. The van der Waals surface area contributed by atoms with Crippen molar-refractivity contribution >= 4 is 0 Å².